The van der Waals surface area contributed by atoms with E-state index in [1.165, 1.54) is 0 Å². The zero-order valence-corrected chi connectivity index (χ0v) is 16.7. The molecule has 1 aromatic rings. The lowest BCUT2D eigenvalue weighted by Crippen LogP contribution is -2.51. The maximum Gasteiger partial charge on any atom is 0.225 e. The summed E-state index contributed by atoms with van der Waals surface area (Å²) in [5.74, 6) is 2.50. The van der Waals surface area contributed by atoms with Gasteiger partial charge in [-0.05, 0) is 19.9 Å². The molecule has 28 heavy (non-hydrogen) atoms. The number of amides is 1. The number of carbonyl (C=O) groups excluding carboxylic acids is 2. The second-order valence-electron chi connectivity index (χ2n) is 8.15. The molecular weight excluding hydrogens is 356 g/mol. The van der Waals surface area contributed by atoms with Gasteiger partial charge in [-0.3, -0.25) is 9.59 Å². The van der Waals surface area contributed by atoms with Crippen molar-refractivity contribution in [2.75, 3.05) is 69.2 Å². The van der Waals surface area contributed by atoms with Crippen molar-refractivity contribution in [3.8, 4) is 0 Å². The number of anilines is 2. The molecule has 1 aliphatic carbocycles. The van der Waals surface area contributed by atoms with Crippen LogP contribution in [0.5, 0.6) is 0 Å². The third-order valence-electron chi connectivity index (χ3n) is 6.27. The maximum absolute atomic E-state index is 12.7. The summed E-state index contributed by atoms with van der Waals surface area (Å²) in [4.78, 5) is 42.0. The Bertz CT molecular complexity index is 700. The van der Waals surface area contributed by atoms with Crippen LogP contribution in [-0.2, 0) is 9.59 Å². The lowest BCUT2D eigenvalue weighted by Gasteiger charge is -2.38. The molecule has 152 valence electrons. The Kier molecular flexibility index (Phi) is 5.75. The predicted octanol–water partition coefficient (Wildman–Crippen LogP) is 0.636. The molecule has 3 fully saturated rings. The molecule has 3 heterocycles. The van der Waals surface area contributed by atoms with Crippen LogP contribution in [0.1, 0.15) is 25.7 Å². The molecule has 0 unspecified atom stereocenters. The third-order valence-corrected chi connectivity index (χ3v) is 6.27. The Morgan fingerprint density at radius 1 is 0.893 bits per heavy atom. The highest BCUT2D eigenvalue weighted by Crippen LogP contribution is 2.25. The van der Waals surface area contributed by atoms with Gasteiger partial charge in [0.15, 0.2) is 0 Å². The van der Waals surface area contributed by atoms with Crippen LogP contribution in [0.25, 0.3) is 0 Å². The van der Waals surface area contributed by atoms with E-state index in [9.17, 15) is 9.59 Å². The van der Waals surface area contributed by atoms with Gasteiger partial charge < -0.3 is 19.6 Å². The zero-order valence-electron chi connectivity index (χ0n) is 16.7. The summed E-state index contributed by atoms with van der Waals surface area (Å²) in [5, 5.41) is 0. The summed E-state index contributed by atoms with van der Waals surface area (Å²) in [5.41, 5.74) is 0. The molecule has 0 aromatic carbocycles. The Morgan fingerprint density at radius 2 is 1.43 bits per heavy atom. The number of Topliss-reactive ketones (excluding diaryl/α,β-unsaturated/α-hetero) is 1. The van der Waals surface area contributed by atoms with Crippen molar-refractivity contribution in [2.24, 2.45) is 5.92 Å². The minimum atomic E-state index is 0.0344. The van der Waals surface area contributed by atoms with Crippen molar-refractivity contribution in [2.45, 2.75) is 25.7 Å². The van der Waals surface area contributed by atoms with Crippen molar-refractivity contribution in [3.05, 3.63) is 12.4 Å². The van der Waals surface area contributed by atoms with E-state index in [1.807, 2.05) is 4.90 Å². The quantitative estimate of drug-likeness (QED) is 0.755. The molecule has 2 aliphatic heterocycles. The van der Waals surface area contributed by atoms with Crippen LogP contribution in [0.2, 0.25) is 0 Å². The molecule has 0 radical (unpaired) electrons. The number of piperazine rings is 2. The molecule has 0 spiro atoms. The fourth-order valence-corrected chi connectivity index (χ4v) is 4.32. The highest BCUT2D eigenvalue weighted by molar-refractivity contribution is 5.84. The van der Waals surface area contributed by atoms with Crippen molar-refractivity contribution in [1.82, 2.24) is 19.8 Å². The monoisotopic (exact) mass is 386 g/mol. The molecule has 8 nitrogen and oxygen atoms in total. The van der Waals surface area contributed by atoms with Crippen LogP contribution in [-0.4, -0.2) is 90.9 Å². The smallest absolute Gasteiger partial charge is 0.225 e. The van der Waals surface area contributed by atoms with Gasteiger partial charge in [-0.25, -0.2) is 9.97 Å². The Morgan fingerprint density at radius 3 is 2.00 bits per heavy atom. The second-order valence-corrected chi connectivity index (χ2v) is 8.15. The van der Waals surface area contributed by atoms with Crippen LogP contribution in [0, 0.1) is 5.92 Å². The predicted molar refractivity (Wildman–Crippen MR) is 108 cm³/mol. The number of carbonyl (C=O) groups is 2. The van der Waals surface area contributed by atoms with E-state index in [1.54, 1.807) is 6.33 Å². The molecule has 1 saturated carbocycles. The maximum atomic E-state index is 12.7. The van der Waals surface area contributed by atoms with Crippen LogP contribution in [0.3, 0.4) is 0 Å². The van der Waals surface area contributed by atoms with Crippen LogP contribution in [0.15, 0.2) is 12.4 Å². The summed E-state index contributed by atoms with van der Waals surface area (Å²) in [6.07, 6.45) is 4.22. The van der Waals surface area contributed by atoms with E-state index in [0.29, 0.717) is 18.6 Å². The first-order valence-corrected chi connectivity index (χ1v) is 10.4. The molecule has 1 amide bonds. The van der Waals surface area contributed by atoms with E-state index in [0.717, 1.165) is 76.8 Å². The van der Waals surface area contributed by atoms with E-state index in [2.05, 4.69) is 37.8 Å². The van der Waals surface area contributed by atoms with Gasteiger partial charge in [0.1, 0.15) is 23.7 Å². The van der Waals surface area contributed by atoms with Gasteiger partial charge in [0, 0.05) is 77.2 Å². The number of ketones is 1. The fourth-order valence-electron chi connectivity index (χ4n) is 4.32. The lowest BCUT2D eigenvalue weighted by atomic mass is 9.87. The van der Waals surface area contributed by atoms with E-state index in [-0.39, 0.29) is 11.8 Å². The summed E-state index contributed by atoms with van der Waals surface area (Å²) in [7, 11) is 2.15. The first-order chi connectivity index (χ1) is 13.6. The molecule has 0 N–H and O–H groups in total. The van der Waals surface area contributed by atoms with Gasteiger partial charge in [0.2, 0.25) is 5.91 Å². The first-order valence-electron chi connectivity index (χ1n) is 10.4. The normalized spacial score (nSPS) is 22.6. The van der Waals surface area contributed by atoms with Gasteiger partial charge in [0.25, 0.3) is 0 Å². The van der Waals surface area contributed by atoms with E-state index < -0.39 is 0 Å². The zero-order chi connectivity index (χ0) is 19.5. The topological polar surface area (TPSA) is 72.9 Å². The standard InChI is InChI=1S/C20H30N6O2/c1-23-6-8-24(9-7-23)18-14-19(22-15-21-18)25-10-12-26(13-11-25)20(28)16-2-4-17(27)5-3-16/h14-16H,2-13H2,1H3. The minimum absolute atomic E-state index is 0.0344. The molecule has 1 aromatic heterocycles. The molecule has 8 heteroatoms. The average molecular weight is 387 g/mol. The molecule has 0 bridgehead atoms. The average Bonchev–Trinajstić information content (AvgIpc) is 2.74. The Hall–Kier alpha value is -2.22. The number of hydrogen-bond donors (Lipinski definition) is 0. The third kappa shape index (κ3) is 4.27. The highest BCUT2D eigenvalue weighted by atomic mass is 16.2. The van der Waals surface area contributed by atoms with Gasteiger partial charge in [0.05, 0.1) is 0 Å². The van der Waals surface area contributed by atoms with Gasteiger partial charge >= 0.3 is 0 Å². The number of rotatable bonds is 3. The molecule has 0 atom stereocenters. The van der Waals surface area contributed by atoms with Gasteiger partial charge in [-0.2, -0.15) is 0 Å². The summed E-state index contributed by atoms with van der Waals surface area (Å²) >= 11 is 0. The first kappa shape index (κ1) is 19.1. The lowest BCUT2D eigenvalue weighted by molar-refractivity contribution is -0.137. The number of hydrogen-bond acceptors (Lipinski definition) is 7. The largest absolute Gasteiger partial charge is 0.354 e. The number of nitrogens with zero attached hydrogens (tertiary/aromatic N) is 6. The number of likely N-dealkylation sites (N-methyl/N-ethyl adjacent to an activating group) is 1. The fraction of sp³-hybridized carbons (Fsp3) is 0.700. The SMILES string of the molecule is CN1CCN(c2cc(N3CCN(C(=O)C4CCC(=O)CC4)CC3)ncn2)CC1. The van der Waals surface area contributed by atoms with Crippen LogP contribution in [0.4, 0.5) is 11.6 Å². The Labute approximate surface area is 166 Å². The highest BCUT2D eigenvalue weighted by Gasteiger charge is 2.30. The molecular formula is C20H30N6O2. The van der Waals surface area contributed by atoms with Crippen LogP contribution >= 0.6 is 0 Å². The molecule has 4 rings (SSSR count). The second kappa shape index (κ2) is 8.43. The van der Waals surface area contributed by atoms with Crippen molar-refractivity contribution in [1.29, 1.82) is 0 Å². The summed E-state index contributed by atoms with van der Waals surface area (Å²) in [6.45, 7) is 7.08. The van der Waals surface area contributed by atoms with Gasteiger partial charge in [-0.1, -0.05) is 0 Å². The molecule has 3 aliphatic rings. The summed E-state index contributed by atoms with van der Waals surface area (Å²) in [6, 6.07) is 2.08. The van der Waals surface area contributed by atoms with Crippen molar-refractivity contribution in [3.63, 3.8) is 0 Å². The molecule has 2 saturated heterocycles. The van der Waals surface area contributed by atoms with Crippen molar-refractivity contribution < 1.29 is 9.59 Å². The minimum Gasteiger partial charge on any atom is -0.354 e. The summed E-state index contributed by atoms with van der Waals surface area (Å²) < 4.78 is 0. The Balaban J connectivity index is 1.33. The van der Waals surface area contributed by atoms with Gasteiger partial charge in [-0.15, -0.1) is 0 Å². The van der Waals surface area contributed by atoms with Crippen LogP contribution < -0.4 is 9.80 Å². The van der Waals surface area contributed by atoms with E-state index in [4.69, 9.17) is 0 Å². The van der Waals surface area contributed by atoms with E-state index >= 15 is 0 Å². The van der Waals surface area contributed by atoms with Crippen molar-refractivity contribution >= 4 is 23.3 Å². The number of aromatic nitrogens is 2.